The van der Waals surface area contributed by atoms with Gasteiger partial charge in [0.15, 0.2) is 0 Å². The van der Waals surface area contributed by atoms with Crippen molar-refractivity contribution in [1.82, 2.24) is 15.8 Å². The molecule has 0 atom stereocenters. The van der Waals surface area contributed by atoms with Crippen molar-refractivity contribution in [3.63, 3.8) is 0 Å². The maximum atomic E-state index is 11.8. The van der Waals surface area contributed by atoms with E-state index in [1.165, 1.54) is 23.6 Å². The maximum absolute atomic E-state index is 11.8. The lowest BCUT2D eigenvalue weighted by Gasteiger charge is -2.04. The highest BCUT2D eigenvalue weighted by Gasteiger charge is 2.08. The number of rotatable bonds is 3. The molecule has 5 nitrogen and oxygen atoms in total. The lowest BCUT2D eigenvalue weighted by molar-refractivity contribution is -0.117. The first kappa shape index (κ1) is 16.2. The summed E-state index contributed by atoms with van der Waals surface area (Å²) >= 11 is 7.79. The van der Waals surface area contributed by atoms with Crippen LogP contribution < -0.4 is 10.9 Å². The summed E-state index contributed by atoms with van der Waals surface area (Å²) in [5.74, 6) is -0.898. The van der Waals surface area contributed by atoms with Gasteiger partial charge in [-0.05, 0) is 24.3 Å². The van der Waals surface area contributed by atoms with Crippen molar-refractivity contribution in [3.8, 4) is 0 Å². The zero-order valence-corrected chi connectivity index (χ0v) is 13.9. The summed E-state index contributed by atoms with van der Waals surface area (Å²) in [5, 5.41) is 1.56. The molecule has 0 spiro atoms. The number of hydrogen-bond donors (Lipinski definition) is 2. The van der Waals surface area contributed by atoms with Crippen LogP contribution in [0.4, 0.5) is 0 Å². The predicted octanol–water partition coefficient (Wildman–Crippen LogP) is 3.42. The zero-order valence-electron chi connectivity index (χ0n) is 12.3. The van der Waals surface area contributed by atoms with E-state index in [1.807, 2.05) is 24.3 Å². The Bertz CT molecular complexity index is 922. The van der Waals surface area contributed by atoms with Crippen LogP contribution in [0.5, 0.6) is 0 Å². The Labute approximate surface area is 146 Å². The molecule has 0 unspecified atom stereocenters. The van der Waals surface area contributed by atoms with Gasteiger partial charge in [0, 0.05) is 33.4 Å². The highest BCUT2D eigenvalue weighted by molar-refractivity contribution is 7.20. The molecular weight excluding hydrogens is 346 g/mol. The van der Waals surface area contributed by atoms with Crippen molar-refractivity contribution in [2.45, 2.75) is 0 Å². The number of carbonyl (C=O) groups is 2. The highest BCUT2D eigenvalue weighted by atomic mass is 35.5. The lowest BCUT2D eigenvalue weighted by Crippen LogP contribution is -2.40. The van der Waals surface area contributed by atoms with Crippen LogP contribution in [0.1, 0.15) is 15.2 Å². The normalized spacial score (nSPS) is 10.9. The molecule has 3 aromatic rings. The minimum absolute atomic E-state index is 0.356. The Morgan fingerprint density at radius 3 is 2.71 bits per heavy atom. The molecule has 2 heterocycles. The van der Waals surface area contributed by atoms with Crippen LogP contribution >= 0.6 is 22.9 Å². The van der Waals surface area contributed by atoms with Crippen LogP contribution in [0.3, 0.4) is 0 Å². The number of amides is 2. The van der Waals surface area contributed by atoms with Gasteiger partial charge in [-0.1, -0.05) is 29.8 Å². The quantitative estimate of drug-likeness (QED) is 0.557. The fraction of sp³-hybridized carbons (Fsp3) is 0. The van der Waals surface area contributed by atoms with E-state index in [0.29, 0.717) is 10.6 Å². The van der Waals surface area contributed by atoms with Gasteiger partial charge in [0.25, 0.3) is 11.8 Å². The molecule has 7 heteroatoms. The molecule has 0 aliphatic heterocycles. The second kappa shape index (κ2) is 7.25. The van der Waals surface area contributed by atoms with Gasteiger partial charge in [-0.2, -0.15) is 0 Å². The number of thiophene rings is 1. The summed E-state index contributed by atoms with van der Waals surface area (Å²) < 4.78 is 1.05. The van der Waals surface area contributed by atoms with E-state index in [0.717, 1.165) is 15.0 Å². The van der Waals surface area contributed by atoms with Gasteiger partial charge in [0.05, 0.1) is 10.6 Å². The standard InChI is InChI=1S/C17H12ClN3O2S/c18-16-12-5-1-2-6-13(12)24-14(16)7-8-15(22)20-21-17(23)11-4-3-9-19-10-11/h1-10H,(H,20,22)(H,21,23)/b8-7+. The molecule has 0 aliphatic rings. The molecule has 0 saturated carbocycles. The molecular formula is C17H12ClN3O2S. The predicted molar refractivity (Wildman–Crippen MR) is 95.7 cm³/mol. The summed E-state index contributed by atoms with van der Waals surface area (Å²) in [7, 11) is 0. The summed E-state index contributed by atoms with van der Waals surface area (Å²) in [6.45, 7) is 0. The highest BCUT2D eigenvalue weighted by Crippen LogP contribution is 2.35. The molecule has 0 fully saturated rings. The number of fused-ring (bicyclic) bond motifs is 1. The van der Waals surface area contributed by atoms with Gasteiger partial charge in [-0.25, -0.2) is 0 Å². The zero-order chi connectivity index (χ0) is 16.9. The van der Waals surface area contributed by atoms with Crippen LogP contribution in [-0.4, -0.2) is 16.8 Å². The third-order valence-electron chi connectivity index (χ3n) is 3.17. The molecule has 0 radical (unpaired) electrons. The molecule has 0 bridgehead atoms. The number of hydrazine groups is 1. The summed E-state index contributed by atoms with van der Waals surface area (Å²) in [5.41, 5.74) is 4.99. The van der Waals surface area contributed by atoms with Crippen LogP contribution in [0.2, 0.25) is 5.02 Å². The number of hydrogen-bond acceptors (Lipinski definition) is 4. The van der Waals surface area contributed by atoms with Crippen molar-refractivity contribution >= 4 is 50.9 Å². The van der Waals surface area contributed by atoms with E-state index in [2.05, 4.69) is 15.8 Å². The molecule has 2 N–H and O–H groups in total. The second-order valence-electron chi connectivity index (χ2n) is 4.79. The molecule has 1 aromatic carbocycles. The average molecular weight is 358 g/mol. The van der Waals surface area contributed by atoms with Gasteiger partial charge < -0.3 is 0 Å². The Morgan fingerprint density at radius 1 is 1.12 bits per heavy atom. The van der Waals surface area contributed by atoms with E-state index in [-0.39, 0.29) is 0 Å². The second-order valence-corrected chi connectivity index (χ2v) is 6.26. The van der Waals surface area contributed by atoms with E-state index < -0.39 is 11.8 Å². The fourth-order valence-corrected chi connectivity index (χ4v) is 3.42. The summed E-state index contributed by atoms with van der Waals surface area (Å²) in [6.07, 6.45) is 5.92. The number of benzene rings is 1. The number of nitrogens with zero attached hydrogens (tertiary/aromatic N) is 1. The van der Waals surface area contributed by atoms with Gasteiger partial charge in [-0.3, -0.25) is 25.4 Å². The van der Waals surface area contributed by atoms with Crippen LogP contribution in [-0.2, 0) is 4.79 Å². The van der Waals surface area contributed by atoms with Gasteiger partial charge in [0.2, 0.25) is 0 Å². The SMILES string of the molecule is O=C(/C=C/c1sc2ccccc2c1Cl)NNC(=O)c1cccnc1. The first-order valence-corrected chi connectivity index (χ1v) is 8.20. The van der Waals surface area contributed by atoms with Crippen molar-refractivity contribution in [2.24, 2.45) is 0 Å². The Hall–Kier alpha value is -2.70. The Morgan fingerprint density at radius 2 is 1.96 bits per heavy atom. The van der Waals surface area contributed by atoms with Crippen molar-refractivity contribution in [3.05, 3.63) is 70.3 Å². The number of pyridine rings is 1. The molecule has 0 saturated heterocycles. The number of carbonyl (C=O) groups excluding carboxylic acids is 2. The van der Waals surface area contributed by atoms with E-state index >= 15 is 0 Å². The van der Waals surface area contributed by atoms with Crippen LogP contribution in [0.25, 0.3) is 16.2 Å². The molecule has 120 valence electrons. The number of halogens is 1. The third kappa shape index (κ3) is 3.61. The van der Waals surface area contributed by atoms with E-state index in [1.54, 1.807) is 24.4 Å². The van der Waals surface area contributed by atoms with Crippen molar-refractivity contribution in [2.75, 3.05) is 0 Å². The molecule has 2 aromatic heterocycles. The lowest BCUT2D eigenvalue weighted by atomic mass is 10.2. The van der Waals surface area contributed by atoms with Gasteiger partial charge >= 0.3 is 0 Å². The van der Waals surface area contributed by atoms with Crippen LogP contribution in [0, 0.1) is 0 Å². The van der Waals surface area contributed by atoms with E-state index in [4.69, 9.17) is 11.6 Å². The minimum atomic E-state index is -0.458. The maximum Gasteiger partial charge on any atom is 0.271 e. The van der Waals surface area contributed by atoms with Crippen molar-refractivity contribution < 1.29 is 9.59 Å². The van der Waals surface area contributed by atoms with Gasteiger partial charge in [0.1, 0.15) is 0 Å². The van der Waals surface area contributed by atoms with Gasteiger partial charge in [-0.15, -0.1) is 11.3 Å². The number of aromatic nitrogens is 1. The largest absolute Gasteiger partial charge is 0.271 e. The first-order chi connectivity index (χ1) is 11.6. The Balaban J connectivity index is 1.63. The van der Waals surface area contributed by atoms with E-state index in [9.17, 15) is 9.59 Å². The Kier molecular flexibility index (Phi) is 4.88. The fourth-order valence-electron chi connectivity index (χ4n) is 2.02. The smallest absolute Gasteiger partial charge is 0.268 e. The molecule has 3 rings (SSSR count). The topological polar surface area (TPSA) is 71.1 Å². The first-order valence-electron chi connectivity index (χ1n) is 7.00. The third-order valence-corrected chi connectivity index (χ3v) is 4.82. The summed E-state index contributed by atoms with van der Waals surface area (Å²) in [6, 6.07) is 11.0. The minimum Gasteiger partial charge on any atom is -0.268 e. The molecule has 0 aliphatic carbocycles. The molecule has 24 heavy (non-hydrogen) atoms. The van der Waals surface area contributed by atoms with Crippen molar-refractivity contribution in [1.29, 1.82) is 0 Å². The monoisotopic (exact) mass is 357 g/mol. The molecule has 2 amide bonds. The summed E-state index contributed by atoms with van der Waals surface area (Å²) in [4.78, 5) is 28.2. The number of nitrogens with one attached hydrogen (secondary N) is 2. The average Bonchev–Trinajstić information content (AvgIpc) is 2.95. The van der Waals surface area contributed by atoms with Crippen LogP contribution in [0.15, 0.2) is 54.9 Å².